The molecule has 0 saturated heterocycles. The van der Waals surface area contributed by atoms with Crippen molar-refractivity contribution in [1.29, 1.82) is 0 Å². The van der Waals surface area contributed by atoms with Gasteiger partial charge in [0.05, 0.1) is 11.2 Å². The zero-order valence-corrected chi connectivity index (χ0v) is 11.3. The average molecular weight is 294 g/mol. The maximum absolute atomic E-state index is 4.57. The molecular formula is C13H16BrN3. The first-order chi connectivity index (χ1) is 8.34. The molecule has 0 bridgehead atoms. The molecule has 2 heterocycles. The first-order valence-corrected chi connectivity index (χ1v) is 6.99. The molecule has 0 unspecified atom stereocenters. The third-order valence-electron chi connectivity index (χ3n) is 3.49. The van der Waals surface area contributed by atoms with Crippen LogP contribution in [0.1, 0.15) is 31.4 Å². The fourth-order valence-electron chi connectivity index (χ4n) is 2.56. The number of nitrogens with one attached hydrogen (secondary N) is 1. The fraction of sp³-hybridized carbons (Fsp3) is 0.462. The van der Waals surface area contributed by atoms with E-state index < -0.39 is 0 Å². The Morgan fingerprint density at radius 1 is 1.35 bits per heavy atom. The van der Waals surface area contributed by atoms with E-state index in [0.29, 0.717) is 6.04 Å². The highest BCUT2D eigenvalue weighted by atomic mass is 79.9. The number of fused-ring (bicyclic) bond motifs is 1. The second-order valence-corrected chi connectivity index (χ2v) is 5.35. The Morgan fingerprint density at radius 2 is 2.18 bits per heavy atom. The summed E-state index contributed by atoms with van der Waals surface area (Å²) in [5.74, 6) is 0. The van der Waals surface area contributed by atoms with E-state index in [2.05, 4.69) is 42.8 Å². The second-order valence-electron chi connectivity index (χ2n) is 4.65. The van der Waals surface area contributed by atoms with Crippen LogP contribution in [0.2, 0.25) is 0 Å². The van der Waals surface area contributed by atoms with E-state index in [4.69, 9.17) is 0 Å². The van der Waals surface area contributed by atoms with Gasteiger partial charge in [0.2, 0.25) is 0 Å². The number of rotatable bonds is 3. The Kier molecular flexibility index (Phi) is 3.16. The molecule has 1 N–H and O–H groups in total. The molecule has 1 saturated carbocycles. The molecule has 3 rings (SSSR count). The summed E-state index contributed by atoms with van der Waals surface area (Å²) in [6.07, 6.45) is 7.39. The van der Waals surface area contributed by atoms with Gasteiger partial charge in [-0.15, -0.1) is 0 Å². The van der Waals surface area contributed by atoms with Gasteiger partial charge in [0.25, 0.3) is 0 Å². The minimum atomic E-state index is 0.689. The predicted octanol–water partition coefficient (Wildman–Crippen LogP) is 3.13. The summed E-state index contributed by atoms with van der Waals surface area (Å²) in [6.45, 7) is 0.865. The predicted molar refractivity (Wildman–Crippen MR) is 72.0 cm³/mol. The van der Waals surface area contributed by atoms with Gasteiger partial charge in [-0.1, -0.05) is 18.9 Å². The lowest BCUT2D eigenvalue weighted by atomic mass is 10.2. The molecule has 0 amide bonds. The van der Waals surface area contributed by atoms with Crippen LogP contribution in [-0.2, 0) is 6.54 Å². The number of nitrogens with zero attached hydrogens (tertiary/aromatic N) is 2. The van der Waals surface area contributed by atoms with Crippen molar-refractivity contribution in [3.05, 3.63) is 34.8 Å². The van der Waals surface area contributed by atoms with Crippen LogP contribution in [0.3, 0.4) is 0 Å². The van der Waals surface area contributed by atoms with Gasteiger partial charge in [-0.05, 0) is 40.9 Å². The van der Waals surface area contributed by atoms with Crippen LogP contribution in [0.15, 0.2) is 29.1 Å². The molecule has 90 valence electrons. The normalized spacial score (nSPS) is 17.0. The molecule has 0 aliphatic heterocycles. The van der Waals surface area contributed by atoms with Crippen molar-refractivity contribution in [1.82, 2.24) is 14.7 Å². The van der Waals surface area contributed by atoms with Gasteiger partial charge in [0, 0.05) is 18.8 Å². The van der Waals surface area contributed by atoms with E-state index >= 15 is 0 Å². The molecule has 1 aliphatic carbocycles. The van der Waals surface area contributed by atoms with Crippen LogP contribution in [0.25, 0.3) is 5.52 Å². The first-order valence-electron chi connectivity index (χ1n) is 6.19. The molecule has 2 aromatic heterocycles. The molecule has 1 fully saturated rings. The zero-order chi connectivity index (χ0) is 11.7. The van der Waals surface area contributed by atoms with Gasteiger partial charge >= 0.3 is 0 Å². The van der Waals surface area contributed by atoms with Crippen LogP contribution in [0, 0.1) is 0 Å². The fourth-order valence-corrected chi connectivity index (χ4v) is 3.09. The summed E-state index contributed by atoms with van der Waals surface area (Å²) in [4.78, 5) is 4.57. The second kappa shape index (κ2) is 4.78. The van der Waals surface area contributed by atoms with E-state index in [9.17, 15) is 0 Å². The molecule has 2 aromatic rings. The Labute approximate surface area is 109 Å². The number of aromatic nitrogens is 2. The van der Waals surface area contributed by atoms with Gasteiger partial charge < -0.3 is 5.32 Å². The van der Waals surface area contributed by atoms with Crippen LogP contribution in [0.5, 0.6) is 0 Å². The number of hydrogen-bond donors (Lipinski definition) is 1. The summed E-state index contributed by atoms with van der Waals surface area (Å²) in [5.41, 5.74) is 2.31. The van der Waals surface area contributed by atoms with Crippen molar-refractivity contribution in [3.63, 3.8) is 0 Å². The highest BCUT2D eigenvalue weighted by Crippen LogP contribution is 2.20. The summed E-state index contributed by atoms with van der Waals surface area (Å²) in [6, 6.07) is 6.88. The number of imidazole rings is 1. The van der Waals surface area contributed by atoms with Crippen molar-refractivity contribution in [2.75, 3.05) is 0 Å². The van der Waals surface area contributed by atoms with Crippen molar-refractivity contribution in [2.24, 2.45) is 0 Å². The minimum Gasteiger partial charge on any atom is -0.308 e. The Bertz CT molecular complexity index is 514. The van der Waals surface area contributed by atoms with Gasteiger partial charge in [-0.2, -0.15) is 0 Å². The van der Waals surface area contributed by atoms with E-state index in [1.807, 2.05) is 12.3 Å². The molecule has 1 aliphatic rings. The maximum atomic E-state index is 4.57. The van der Waals surface area contributed by atoms with E-state index in [1.54, 1.807) is 0 Å². The summed E-state index contributed by atoms with van der Waals surface area (Å²) < 4.78 is 2.96. The lowest BCUT2D eigenvalue weighted by Gasteiger charge is -2.10. The number of pyridine rings is 1. The van der Waals surface area contributed by atoms with Crippen LogP contribution < -0.4 is 5.32 Å². The van der Waals surface area contributed by atoms with Crippen molar-refractivity contribution < 1.29 is 0 Å². The van der Waals surface area contributed by atoms with Crippen LogP contribution in [-0.4, -0.2) is 15.4 Å². The standard InChI is InChI=1S/C13H16BrN3/c14-13-16-11(9-15-10-5-1-2-6-10)12-7-3-4-8-17(12)13/h3-4,7-8,10,15H,1-2,5-6,9H2. The van der Waals surface area contributed by atoms with E-state index in [0.717, 1.165) is 17.0 Å². The molecule has 0 atom stereocenters. The van der Waals surface area contributed by atoms with Crippen molar-refractivity contribution >= 4 is 21.4 Å². The zero-order valence-electron chi connectivity index (χ0n) is 9.69. The highest BCUT2D eigenvalue weighted by Gasteiger charge is 2.15. The smallest absolute Gasteiger partial charge is 0.182 e. The Hall–Kier alpha value is -0.870. The largest absolute Gasteiger partial charge is 0.308 e. The molecule has 3 nitrogen and oxygen atoms in total. The summed E-state index contributed by atoms with van der Waals surface area (Å²) in [5, 5.41) is 3.61. The number of hydrogen-bond acceptors (Lipinski definition) is 2. The topological polar surface area (TPSA) is 29.3 Å². The van der Waals surface area contributed by atoms with E-state index in [1.165, 1.54) is 31.2 Å². The van der Waals surface area contributed by atoms with Gasteiger partial charge in [0.15, 0.2) is 4.73 Å². The monoisotopic (exact) mass is 293 g/mol. The van der Waals surface area contributed by atoms with E-state index in [-0.39, 0.29) is 0 Å². The average Bonchev–Trinajstić information content (AvgIpc) is 2.96. The Morgan fingerprint density at radius 3 is 3.00 bits per heavy atom. The summed E-state index contributed by atoms with van der Waals surface area (Å²) in [7, 11) is 0. The van der Waals surface area contributed by atoms with Crippen LogP contribution in [0.4, 0.5) is 0 Å². The quantitative estimate of drug-likeness (QED) is 0.942. The van der Waals surface area contributed by atoms with Gasteiger partial charge in [-0.25, -0.2) is 4.98 Å². The SMILES string of the molecule is Brc1nc(CNC2CCCC2)c2ccccn12. The van der Waals surface area contributed by atoms with Crippen molar-refractivity contribution in [3.8, 4) is 0 Å². The molecule has 17 heavy (non-hydrogen) atoms. The Balaban J connectivity index is 1.80. The molecule has 0 radical (unpaired) electrons. The third-order valence-corrected chi connectivity index (χ3v) is 4.05. The lowest BCUT2D eigenvalue weighted by Crippen LogP contribution is -2.25. The molecule has 0 aromatic carbocycles. The lowest BCUT2D eigenvalue weighted by molar-refractivity contribution is 0.521. The molecule has 4 heteroatoms. The van der Waals surface area contributed by atoms with Crippen LogP contribution >= 0.6 is 15.9 Å². The van der Waals surface area contributed by atoms with Crippen molar-refractivity contribution in [2.45, 2.75) is 38.3 Å². The molecular weight excluding hydrogens is 278 g/mol. The molecule has 0 spiro atoms. The maximum Gasteiger partial charge on any atom is 0.182 e. The first kappa shape index (κ1) is 11.2. The highest BCUT2D eigenvalue weighted by molar-refractivity contribution is 9.10. The third kappa shape index (κ3) is 2.24. The van der Waals surface area contributed by atoms with Gasteiger partial charge in [-0.3, -0.25) is 4.40 Å². The number of halogens is 1. The summed E-state index contributed by atoms with van der Waals surface area (Å²) >= 11 is 3.50. The van der Waals surface area contributed by atoms with Gasteiger partial charge in [0.1, 0.15) is 0 Å². The minimum absolute atomic E-state index is 0.689.